The molecule has 3 N–H and O–H groups in total. The number of imidazole rings is 1. The molecule has 9 heteroatoms. The van der Waals surface area contributed by atoms with Crippen molar-refractivity contribution in [3.63, 3.8) is 0 Å². The minimum atomic E-state index is 0.293. The topological polar surface area (TPSA) is 104 Å². The summed E-state index contributed by atoms with van der Waals surface area (Å²) in [5, 5.41) is 4.18. The second kappa shape index (κ2) is 8.22. The van der Waals surface area contributed by atoms with Gasteiger partial charge in [0.25, 0.3) is 0 Å². The maximum atomic E-state index is 6.22. The monoisotopic (exact) mass is 439 g/mol. The highest BCUT2D eigenvalue weighted by atomic mass is 79.9. The lowest BCUT2D eigenvalue weighted by Gasteiger charge is -2.13. The molecule has 0 unspecified atom stereocenters. The molecule has 0 radical (unpaired) electrons. The van der Waals surface area contributed by atoms with Crippen LogP contribution in [0, 0.1) is 0 Å². The first-order chi connectivity index (χ1) is 13.7. The fourth-order valence-corrected chi connectivity index (χ4v) is 3.24. The molecule has 4 rings (SSSR count). The summed E-state index contributed by atoms with van der Waals surface area (Å²) in [4.78, 5) is 16.8. The summed E-state index contributed by atoms with van der Waals surface area (Å²) in [5.41, 5.74) is 7.31. The summed E-state index contributed by atoms with van der Waals surface area (Å²) in [6.07, 6.45) is 9.54. The quantitative estimate of drug-likeness (QED) is 0.421. The van der Waals surface area contributed by atoms with Gasteiger partial charge in [-0.15, -0.1) is 0 Å². The molecule has 0 aliphatic heterocycles. The highest BCUT2D eigenvalue weighted by molar-refractivity contribution is 9.10. The van der Waals surface area contributed by atoms with Crippen LogP contribution in [0.25, 0.3) is 10.9 Å². The number of hydrogen-bond donors (Lipinski definition) is 2. The summed E-state index contributed by atoms with van der Waals surface area (Å²) < 4.78 is 8.93. The van der Waals surface area contributed by atoms with Gasteiger partial charge in [0, 0.05) is 41.5 Å². The van der Waals surface area contributed by atoms with Crippen molar-refractivity contribution in [2.24, 2.45) is 0 Å². The van der Waals surface area contributed by atoms with E-state index in [-0.39, 0.29) is 0 Å². The number of ether oxygens (including phenoxy) is 1. The number of benzene rings is 1. The van der Waals surface area contributed by atoms with E-state index in [1.807, 2.05) is 35.0 Å². The third-order valence-electron chi connectivity index (χ3n) is 4.18. The Morgan fingerprint density at radius 2 is 2.07 bits per heavy atom. The van der Waals surface area contributed by atoms with E-state index in [1.165, 1.54) is 6.33 Å². The van der Waals surface area contributed by atoms with Crippen LogP contribution in [0.5, 0.6) is 11.6 Å². The Hall–Kier alpha value is -3.20. The molecule has 8 nitrogen and oxygen atoms in total. The second-order valence-electron chi connectivity index (χ2n) is 6.07. The van der Waals surface area contributed by atoms with Crippen LogP contribution in [-0.4, -0.2) is 31.0 Å². The van der Waals surface area contributed by atoms with Crippen LogP contribution in [-0.2, 0) is 6.54 Å². The SMILES string of the molecule is Nc1c(NCCCn2ccnc2)ncnc1Oc1ccc(Br)c2cccnc12. The number of aryl methyl sites for hydroxylation is 1. The number of rotatable bonds is 7. The van der Waals surface area contributed by atoms with Crippen LogP contribution in [0.2, 0.25) is 0 Å². The highest BCUT2D eigenvalue weighted by Gasteiger charge is 2.13. The average molecular weight is 440 g/mol. The normalized spacial score (nSPS) is 10.9. The number of nitrogens with one attached hydrogen (secondary N) is 1. The van der Waals surface area contributed by atoms with Crippen molar-refractivity contribution in [2.45, 2.75) is 13.0 Å². The smallest absolute Gasteiger partial charge is 0.248 e. The molecule has 3 aromatic heterocycles. The van der Waals surface area contributed by atoms with E-state index in [1.54, 1.807) is 18.7 Å². The van der Waals surface area contributed by atoms with E-state index in [0.29, 0.717) is 29.7 Å². The number of fused-ring (bicyclic) bond motifs is 1. The van der Waals surface area contributed by atoms with E-state index in [0.717, 1.165) is 28.3 Å². The summed E-state index contributed by atoms with van der Waals surface area (Å²) in [7, 11) is 0. The lowest BCUT2D eigenvalue weighted by Crippen LogP contribution is -2.10. The summed E-state index contributed by atoms with van der Waals surface area (Å²) in [6, 6.07) is 7.59. The van der Waals surface area contributed by atoms with Crippen molar-refractivity contribution in [2.75, 3.05) is 17.6 Å². The minimum Gasteiger partial charge on any atom is -0.435 e. The standard InChI is InChI=1S/C19H18BrN7O/c20-14-4-5-15(17-13(14)3-1-6-23-17)28-19-16(21)18(25-11-26-19)24-7-2-9-27-10-8-22-12-27/h1,3-6,8,10-12H,2,7,9,21H2,(H,24,25,26). The van der Waals surface area contributed by atoms with Crippen LogP contribution in [0.3, 0.4) is 0 Å². The van der Waals surface area contributed by atoms with Crippen molar-refractivity contribution >= 4 is 38.3 Å². The Bertz CT molecular complexity index is 1090. The van der Waals surface area contributed by atoms with Gasteiger partial charge in [0.1, 0.15) is 17.5 Å². The maximum absolute atomic E-state index is 6.22. The van der Waals surface area contributed by atoms with Crippen molar-refractivity contribution in [1.29, 1.82) is 0 Å². The second-order valence-corrected chi connectivity index (χ2v) is 6.92. The first-order valence-electron chi connectivity index (χ1n) is 8.73. The zero-order chi connectivity index (χ0) is 19.3. The van der Waals surface area contributed by atoms with E-state index in [4.69, 9.17) is 10.5 Å². The fraction of sp³-hybridized carbons (Fsp3) is 0.158. The number of halogens is 1. The van der Waals surface area contributed by atoms with Gasteiger partial charge >= 0.3 is 0 Å². The Kier molecular flexibility index (Phi) is 5.34. The predicted octanol–water partition coefficient (Wildman–Crippen LogP) is 3.86. The summed E-state index contributed by atoms with van der Waals surface area (Å²) in [6.45, 7) is 1.57. The number of nitrogen functional groups attached to an aromatic ring is 1. The van der Waals surface area contributed by atoms with E-state index >= 15 is 0 Å². The van der Waals surface area contributed by atoms with Crippen LogP contribution < -0.4 is 15.8 Å². The Morgan fingerprint density at radius 3 is 2.93 bits per heavy atom. The first kappa shape index (κ1) is 18.2. The number of pyridine rings is 1. The van der Waals surface area contributed by atoms with Gasteiger partial charge in [-0.25, -0.2) is 9.97 Å². The van der Waals surface area contributed by atoms with E-state index < -0.39 is 0 Å². The van der Waals surface area contributed by atoms with Crippen molar-refractivity contribution in [3.8, 4) is 11.6 Å². The molecule has 0 bridgehead atoms. The van der Waals surface area contributed by atoms with Gasteiger partial charge in [-0.2, -0.15) is 4.98 Å². The third kappa shape index (κ3) is 3.89. The molecular formula is C19H18BrN7O. The van der Waals surface area contributed by atoms with Gasteiger partial charge < -0.3 is 20.4 Å². The fourth-order valence-electron chi connectivity index (χ4n) is 2.79. The molecular weight excluding hydrogens is 422 g/mol. The number of anilines is 2. The van der Waals surface area contributed by atoms with Crippen molar-refractivity contribution < 1.29 is 4.74 Å². The zero-order valence-electron chi connectivity index (χ0n) is 14.9. The molecule has 1 aromatic carbocycles. The number of nitrogens with zero attached hydrogens (tertiary/aromatic N) is 5. The molecule has 0 spiro atoms. The average Bonchev–Trinajstić information content (AvgIpc) is 3.23. The van der Waals surface area contributed by atoms with Gasteiger partial charge in [-0.3, -0.25) is 4.98 Å². The molecule has 3 heterocycles. The Balaban J connectivity index is 1.49. The molecule has 0 aliphatic rings. The Morgan fingerprint density at radius 1 is 1.14 bits per heavy atom. The number of hydrogen-bond acceptors (Lipinski definition) is 7. The number of aromatic nitrogens is 5. The van der Waals surface area contributed by atoms with Crippen LogP contribution in [0.15, 0.2) is 60.0 Å². The molecule has 0 saturated carbocycles. The molecule has 0 fully saturated rings. The van der Waals surface area contributed by atoms with Crippen molar-refractivity contribution in [3.05, 3.63) is 60.0 Å². The Labute approximate surface area is 169 Å². The molecule has 0 saturated heterocycles. The third-order valence-corrected chi connectivity index (χ3v) is 4.87. The van der Waals surface area contributed by atoms with Crippen LogP contribution in [0.4, 0.5) is 11.5 Å². The molecule has 4 aromatic rings. The maximum Gasteiger partial charge on any atom is 0.248 e. The van der Waals surface area contributed by atoms with E-state index in [9.17, 15) is 0 Å². The minimum absolute atomic E-state index is 0.293. The number of nitrogens with two attached hydrogens (primary N) is 1. The lowest BCUT2D eigenvalue weighted by atomic mass is 10.2. The summed E-state index contributed by atoms with van der Waals surface area (Å²) in [5.74, 6) is 1.42. The first-order valence-corrected chi connectivity index (χ1v) is 9.53. The highest BCUT2D eigenvalue weighted by Crippen LogP contribution is 2.35. The van der Waals surface area contributed by atoms with Gasteiger partial charge in [0.15, 0.2) is 11.6 Å². The van der Waals surface area contributed by atoms with Gasteiger partial charge in [-0.05, 0) is 24.6 Å². The van der Waals surface area contributed by atoms with Gasteiger partial charge in [-0.1, -0.05) is 22.0 Å². The largest absolute Gasteiger partial charge is 0.435 e. The molecule has 28 heavy (non-hydrogen) atoms. The van der Waals surface area contributed by atoms with Crippen molar-refractivity contribution in [1.82, 2.24) is 24.5 Å². The summed E-state index contributed by atoms with van der Waals surface area (Å²) >= 11 is 3.53. The zero-order valence-corrected chi connectivity index (χ0v) is 16.5. The van der Waals surface area contributed by atoms with Crippen LogP contribution in [0.1, 0.15) is 6.42 Å². The molecule has 0 amide bonds. The molecule has 0 aliphatic carbocycles. The van der Waals surface area contributed by atoms with Gasteiger partial charge in [0.2, 0.25) is 5.88 Å². The lowest BCUT2D eigenvalue weighted by molar-refractivity contribution is 0.468. The molecule has 0 atom stereocenters. The van der Waals surface area contributed by atoms with Gasteiger partial charge in [0.05, 0.1) is 6.33 Å². The predicted molar refractivity (Wildman–Crippen MR) is 111 cm³/mol. The van der Waals surface area contributed by atoms with Crippen LogP contribution >= 0.6 is 15.9 Å². The van der Waals surface area contributed by atoms with E-state index in [2.05, 4.69) is 41.2 Å². The molecule has 142 valence electrons.